The number of hydrogen-bond acceptors (Lipinski definition) is 5. The molecule has 1 amide bonds. The monoisotopic (exact) mass is 382 g/mol. The molecule has 6 heteroatoms. The lowest BCUT2D eigenvalue weighted by atomic mass is 10.0. The van der Waals surface area contributed by atoms with Gasteiger partial charge in [0.25, 0.3) is 5.91 Å². The summed E-state index contributed by atoms with van der Waals surface area (Å²) in [5.41, 5.74) is 2.31. The van der Waals surface area contributed by atoms with Crippen molar-refractivity contribution >= 4 is 33.4 Å². The number of ether oxygens (including phenoxy) is 1. The Morgan fingerprint density at radius 1 is 1.11 bits per heavy atom. The number of carbonyl (C=O) groups excluding carboxylic acids is 2. The minimum absolute atomic E-state index is 0.0964. The van der Waals surface area contributed by atoms with Crippen LogP contribution in [0.5, 0.6) is 0 Å². The minimum atomic E-state index is -0.716. The number of nitrogens with zero attached hydrogens (tertiary/aromatic N) is 1. The second kappa shape index (κ2) is 8.31. The van der Waals surface area contributed by atoms with Gasteiger partial charge in [0.1, 0.15) is 17.7 Å². The van der Waals surface area contributed by atoms with Crippen LogP contribution < -0.4 is 5.32 Å². The molecule has 0 bridgehead atoms. The van der Waals surface area contributed by atoms with Crippen LogP contribution in [0.15, 0.2) is 48.5 Å². The smallest absolute Gasteiger partial charge is 0.329 e. The van der Waals surface area contributed by atoms with Crippen molar-refractivity contribution < 1.29 is 14.3 Å². The van der Waals surface area contributed by atoms with Gasteiger partial charge in [0.15, 0.2) is 0 Å². The molecule has 1 N–H and O–H groups in total. The minimum Gasteiger partial charge on any atom is -0.457 e. The van der Waals surface area contributed by atoms with E-state index in [0.717, 1.165) is 20.8 Å². The van der Waals surface area contributed by atoms with Crippen LogP contribution in [-0.4, -0.2) is 22.9 Å². The Labute approximate surface area is 162 Å². The fraction of sp³-hybridized carbons (Fsp3) is 0.286. The Morgan fingerprint density at radius 3 is 2.52 bits per heavy atom. The van der Waals surface area contributed by atoms with Crippen LogP contribution in [-0.2, 0) is 16.1 Å². The molecule has 0 aliphatic heterocycles. The largest absolute Gasteiger partial charge is 0.457 e. The van der Waals surface area contributed by atoms with Gasteiger partial charge in [-0.25, -0.2) is 9.78 Å². The van der Waals surface area contributed by atoms with E-state index < -0.39 is 12.0 Å². The molecule has 1 heterocycles. The Bertz CT molecular complexity index is 932. The predicted octanol–water partition coefficient (Wildman–Crippen LogP) is 4.10. The summed E-state index contributed by atoms with van der Waals surface area (Å²) in [6.07, 6.45) is 0. The highest BCUT2D eigenvalue weighted by atomic mass is 32.1. The van der Waals surface area contributed by atoms with Crippen molar-refractivity contribution in [3.05, 3.63) is 64.7 Å². The first-order chi connectivity index (χ1) is 13.0. The summed E-state index contributed by atoms with van der Waals surface area (Å²) in [5, 5.41) is 3.54. The van der Waals surface area contributed by atoms with E-state index in [0.29, 0.717) is 5.56 Å². The molecule has 3 rings (SSSR count). The van der Waals surface area contributed by atoms with Gasteiger partial charge in [-0.15, -0.1) is 11.3 Å². The van der Waals surface area contributed by atoms with Gasteiger partial charge in [-0.05, 0) is 36.6 Å². The van der Waals surface area contributed by atoms with Crippen molar-refractivity contribution in [1.82, 2.24) is 10.3 Å². The maximum absolute atomic E-state index is 12.6. The number of esters is 1. The topological polar surface area (TPSA) is 68.3 Å². The third-order valence-corrected chi connectivity index (χ3v) is 5.28. The molecule has 0 fully saturated rings. The lowest BCUT2D eigenvalue weighted by Gasteiger charge is -2.21. The number of nitrogens with one attached hydrogen (secondary N) is 1. The molecule has 0 saturated heterocycles. The second-order valence-corrected chi connectivity index (χ2v) is 7.81. The molecule has 0 spiro atoms. The molecule has 0 saturated carbocycles. The average Bonchev–Trinajstić information content (AvgIpc) is 3.07. The molecule has 5 nitrogen and oxygen atoms in total. The molecule has 0 radical (unpaired) electrons. The first-order valence-electron chi connectivity index (χ1n) is 8.83. The van der Waals surface area contributed by atoms with Gasteiger partial charge in [0.2, 0.25) is 0 Å². The summed E-state index contributed by atoms with van der Waals surface area (Å²) < 4.78 is 6.49. The summed E-state index contributed by atoms with van der Waals surface area (Å²) in [4.78, 5) is 29.6. The first kappa shape index (κ1) is 19.0. The number of fused-ring (bicyclic) bond motifs is 1. The van der Waals surface area contributed by atoms with Crippen molar-refractivity contribution in [3.63, 3.8) is 0 Å². The molecular formula is C21H22N2O3S. The van der Waals surface area contributed by atoms with Crippen molar-refractivity contribution in [2.75, 3.05) is 0 Å². The predicted molar refractivity (Wildman–Crippen MR) is 107 cm³/mol. The maximum Gasteiger partial charge on any atom is 0.329 e. The molecule has 3 aromatic rings. The van der Waals surface area contributed by atoms with E-state index in [4.69, 9.17) is 4.74 Å². The molecule has 27 heavy (non-hydrogen) atoms. The second-order valence-electron chi connectivity index (χ2n) is 6.69. The Hall–Kier alpha value is -2.73. The SMILES string of the molecule is Cc1ccccc1C(=O)NC(C(=O)OCc1nc2ccccc2s1)C(C)C. The number of hydrogen-bond donors (Lipinski definition) is 1. The molecule has 1 atom stereocenters. The normalized spacial score (nSPS) is 12.1. The number of benzene rings is 2. The van der Waals surface area contributed by atoms with Gasteiger partial charge in [-0.2, -0.15) is 0 Å². The zero-order valence-corrected chi connectivity index (χ0v) is 16.4. The third-order valence-electron chi connectivity index (χ3n) is 4.27. The number of carbonyl (C=O) groups is 2. The van der Waals surface area contributed by atoms with E-state index in [1.807, 2.05) is 57.2 Å². The Balaban J connectivity index is 1.66. The highest BCUT2D eigenvalue weighted by Crippen LogP contribution is 2.22. The van der Waals surface area contributed by atoms with E-state index in [9.17, 15) is 9.59 Å². The summed E-state index contributed by atoms with van der Waals surface area (Å²) in [6, 6.07) is 14.4. The van der Waals surface area contributed by atoms with Crippen molar-refractivity contribution in [3.8, 4) is 0 Å². The molecule has 1 unspecified atom stereocenters. The van der Waals surface area contributed by atoms with Gasteiger partial charge in [-0.1, -0.05) is 44.2 Å². The highest BCUT2D eigenvalue weighted by molar-refractivity contribution is 7.18. The van der Waals surface area contributed by atoms with Crippen LogP contribution >= 0.6 is 11.3 Å². The standard InChI is InChI=1S/C21H22N2O3S/c1-13(2)19(23-20(24)15-9-5-4-8-14(15)3)21(25)26-12-18-22-16-10-6-7-11-17(16)27-18/h4-11,13,19H,12H2,1-3H3,(H,23,24). The summed E-state index contributed by atoms with van der Waals surface area (Å²) in [6.45, 7) is 5.72. The van der Waals surface area contributed by atoms with Gasteiger partial charge < -0.3 is 10.1 Å². The molecule has 2 aromatic carbocycles. The van der Waals surface area contributed by atoms with E-state index in [1.165, 1.54) is 11.3 Å². The fourth-order valence-electron chi connectivity index (χ4n) is 2.75. The van der Waals surface area contributed by atoms with Crippen LogP contribution in [0.3, 0.4) is 0 Å². The molecule has 0 aliphatic rings. The zero-order valence-electron chi connectivity index (χ0n) is 15.6. The zero-order chi connectivity index (χ0) is 19.4. The van der Waals surface area contributed by atoms with E-state index >= 15 is 0 Å². The van der Waals surface area contributed by atoms with Crippen LogP contribution in [0.2, 0.25) is 0 Å². The van der Waals surface area contributed by atoms with E-state index in [2.05, 4.69) is 10.3 Å². The number of rotatable bonds is 6. The highest BCUT2D eigenvalue weighted by Gasteiger charge is 2.27. The number of aromatic nitrogens is 1. The van der Waals surface area contributed by atoms with Gasteiger partial charge >= 0.3 is 5.97 Å². The van der Waals surface area contributed by atoms with Crippen molar-refractivity contribution in [2.45, 2.75) is 33.4 Å². The number of amides is 1. The third kappa shape index (κ3) is 4.52. The molecule has 1 aromatic heterocycles. The summed E-state index contributed by atoms with van der Waals surface area (Å²) in [5.74, 6) is -0.823. The summed E-state index contributed by atoms with van der Waals surface area (Å²) >= 11 is 1.50. The Kier molecular flexibility index (Phi) is 5.86. The van der Waals surface area contributed by atoms with Crippen LogP contribution in [0, 0.1) is 12.8 Å². The van der Waals surface area contributed by atoms with Gasteiger partial charge in [0, 0.05) is 5.56 Å². The molecule has 0 aliphatic carbocycles. The van der Waals surface area contributed by atoms with Crippen molar-refractivity contribution in [2.24, 2.45) is 5.92 Å². The number of aryl methyl sites for hydroxylation is 1. The quantitative estimate of drug-likeness (QED) is 0.652. The first-order valence-corrected chi connectivity index (χ1v) is 9.65. The number of para-hydroxylation sites is 1. The lowest BCUT2D eigenvalue weighted by molar-refractivity contribution is -0.148. The Morgan fingerprint density at radius 2 is 1.81 bits per heavy atom. The van der Waals surface area contributed by atoms with Crippen LogP contribution in [0.4, 0.5) is 0 Å². The number of thiazole rings is 1. The van der Waals surface area contributed by atoms with Crippen molar-refractivity contribution in [1.29, 1.82) is 0 Å². The maximum atomic E-state index is 12.6. The molecule has 140 valence electrons. The molecular weight excluding hydrogens is 360 g/mol. The van der Waals surface area contributed by atoms with Crippen LogP contribution in [0.1, 0.15) is 34.8 Å². The van der Waals surface area contributed by atoms with Gasteiger partial charge in [0.05, 0.1) is 10.2 Å². The van der Waals surface area contributed by atoms with E-state index in [-0.39, 0.29) is 18.4 Å². The van der Waals surface area contributed by atoms with Crippen LogP contribution in [0.25, 0.3) is 10.2 Å². The van der Waals surface area contributed by atoms with E-state index in [1.54, 1.807) is 12.1 Å². The fourth-order valence-corrected chi connectivity index (χ4v) is 3.63. The average molecular weight is 382 g/mol. The van der Waals surface area contributed by atoms with Gasteiger partial charge in [-0.3, -0.25) is 4.79 Å². The summed E-state index contributed by atoms with van der Waals surface area (Å²) in [7, 11) is 0. The lowest BCUT2D eigenvalue weighted by Crippen LogP contribution is -2.45.